The fraction of sp³-hybridized carbons (Fsp3) is 0.357. The van der Waals surface area contributed by atoms with Crippen LogP contribution in [0.15, 0.2) is 17.7 Å². The summed E-state index contributed by atoms with van der Waals surface area (Å²) in [6, 6.07) is 3.33. The Morgan fingerprint density at radius 3 is 2.64 bits per heavy atom. The fourth-order valence-corrected chi connectivity index (χ4v) is 2.26. The number of carbonyl (C=O) groups excluding carboxylic acids is 1. The number of hydrogen-bond acceptors (Lipinski definition) is 5. The normalized spacial score (nSPS) is 17.4. The van der Waals surface area contributed by atoms with E-state index < -0.39 is 30.6 Å². The molecule has 1 aliphatic rings. The van der Waals surface area contributed by atoms with Crippen LogP contribution < -0.4 is 10.6 Å². The van der Waals surface area contributed by atoms with Crippen LogP contribution in [0, 0.1) is 13.8 Å². The lowest BCUT2D eigenvalue weighted by Gasteiger charge is -2.29. The lowest BCUT2D eigenvalue weighted by molar-refractivity contribution is -0.190. The summed E-state index contributed by atoms with van der Waals surface area (Å²) < 4.78 is 49.0. The lowest BCUT2D eigenvalue weighted by Crippen LogP contribution is -2.41. The largest absolute Gasteiger partial charge is 0.475 e. The average molecular weight is 317 g/mol. The van der Waals surface area contributed by atoms with E-state index in [1.807, 2.05) is 0 Å². The van der Waals surface area contributed by atoms with Gasteiger partial charge in [0.2, 0.25) is 12.9 Å². The SMILES string of the molecule is Cc1cc(C)c2c(c1)C=C(C(=O)OCON)C(C(F)(F)F)O2. The van der Waals surface area contributed by atoms with Crippen LogP contribution in [0.3, 0.4) is 0 Å². The first-order valence-electron chi connectivity index (χ1n) is 6.29. The van der Waals surface area contributed by atoms with Crippen LogP contribution in [0.1, 0.15) is 16.7 Å². The summed E-state index contributed by atoms with van der Waals surface area (Å²) in [5.74, 6) is 3.59. The fourth-order valence-electron chi connectivity index (χ4n) is 2.26. The summed E-state index contributed by atoms with van der Waals surface area (Å²) in [4.78, 5) is 15.8. The number of ether oxygens (including phenoxy) is 2. The quantitative estimate of drug-likeness (QED) is 0.526. The topological polar surface area (TPSA) is 70.8 Å². The molecule has 120 valence electrons. The van der Waals surface area contributed by atoms with E-state index in [4.69, 9.17) is 10.6 Å². The second-order valence-electron chi connectivity index (χ2n) is 4.86. The van der Waals surface area contributed by atoms with Crippen molar-refractivity contribution in [1.82, 2.24) is 0 Å². The summed E-state index contributed by atoms with van der Waals surface area (Å²) in [6.45, 7) is 2.77. The molecule has 8 heteroatoms. The number of nitrogens with two attached hydrogens (primary N) is 1. The Hall–Kier alpha value is -2.06. The van der Waals surface area contributed by atoms with Crippen molar-refractivity contribution in [3.8, 4) is 5.75 Å². The maximum Gasteiger partial charge on any atom is 0.430 e. The highest BCUT2D eigenvalue weighted by Gasteiger charge is 2.49. The van der Waals surface area contributed by atoms with Crippen LogP contribution in [0.2, 0.25) is 0 Å². The van der Waals surface area contributed by atoms with E-state index in [0.717, 1.165) is 11.6 Å². The van der Waals surface area contributed by atoms with Gasteiger partial charge in [0, 0.05) is 5.56 Å². The standard InChI is InChI=1S/C14H14F3NO4/c1-7-3-8(2)11-9(4-7)5-10(13(19)20-6-21-18)12(22-11)14(15,16)17/h3-5,12H,6,18H2,1-2H3. The van der Waals surface area contributed by atoms with E-state index in [9.17, 15) is 18.0 Å². The van der Waals surface area contributed by atoms with Gasteiger partial charge in [0.15, 0.2) is 0 Å². The Bertz CT molecular complexity index is 625. The van der Waals surface area contributed by atoms with Gasteiger partial charge in [-0.15, -0.1) is 0 Å². The van der Waals surface area contributed by atoms with Crippen LogP contribution >= 0.6 is 0 Å². The molecule has 0 aliphatic carbocycles. The van der Waals surface area contributed by atoms with Crippen molar-refractivity contribution in [3.63, 3.8) is 0 Å². The molecule has 0 saturated heterocycles. The summed E-state index contributed by atoms with van der Waals surface area (Å²) >= 11 is 0. The van der Waals surface area contributed by atoms with E-state index >= 15 is 0 Å². The molecule has 1 atom stereocenters. The third-order valence-corrected chi connectivity index (χ3v) is 3.07. The van der Waals surface area contributed by atoms with Crippen molar-refractivity contribution in [2.45, 2.75) is 26.1 Å². The summed E-state index contributed by atoms with van der Waals surface area (Å²) in [5, 5.41) is 0. The zero-order valence-corrected chi connectivity index (χ0v) is 11.9. The summed E-state index contributed by atoms with van der Waals surface area (Å²) in [7, 11) is 0. The molecule has 1 unspecified atom stereocenters. The van der Waals surface area contributed by atoms with Crippen LogP contribution in [-0.4, -0.2) is 25.0 Å². The number of esters is 1. The van der Waals surface area contributed by atoms with Gasteiger partial charge in [-0.1, -0.05) is 11.6 Å². The van der Waals surface area contributed by atoms with Gasteiger partial charge in [-0.3, -0.25) is 4.84 Å². The molecule has 2 N–H and O–H groups in total. The van der Waals surface area contributed by atoms with Gasteiger partial charge in [0.25, 0.3) is 0 Å². The molecule has 1 aromatic rings. The molecule has 1 aliphatic heterocycles. The lowest BCUT2D eigenvalue weighted by atomic mass is 9.97. The number of alkyl halides is 3. The van der Waals surface area contributed by atoms with E-state index in [-0.39, 0.29) is 5.75 Å². The molecule has 1 aromatic carbocycles. The highest BCUT2D eigenvalue weighted by Crippen LogP contribution is 2.39. The Morgan fingerprint density at radius 2 is 2.05 bits per heavy atom. The van der Waals surface area contributed by atoms with Gasteiger partial charge in [0.1, 0.15) is 5.75 Å². The first-order chi connectivity index (χ1) is 10.2. The second-order valence-corrected chi connectivity index (χ2v) is 4.86. The van der Waals surface area contributed by atoms with Gasteiger partial charge in [-0.25, -0.2) is 10.7 Å². The zero-order chi connectivity index (χ0) is 16.5. The Labute approximate surface area is 124 Å². The molecule has 5 nitrogen and oxygen atoms in total. The first kappa shape index (κ1) is 16.3. The third-order valence-electron chi connectivity index (χ3n) is 3.07. The van der Waals surface area contributed by atoms with Crippen LogP contribution in [0.4, 0.5) is 13.2 Å². The zero-order valence-electron chi connectivity index (χ0n) is 11.9. The molecule has 0 aromatic heterocycles. The molecular weight excluding hydrogens is 303 g/mol. The maximum atomic E-state index is 13.1. The number of benzene rings is 1. The minimum atomic E-state index is -4.76. The van der Waals surface area contributed by atoms with Gasteiger partial charge in [0.05, 0.1) is 5.57 Å². The van der Waals surface area contributed by atoms with Gasteiger partial charge in [-0.05, 0) is 31.6 Å². The number of hydrogen-bond donors (Lipinski definition) is 1. The minimum Gasteiger partial charge on any atom is -0.475 e. The van der Waals surface area contributed by atoms with Crippen molar-refractivity contribution in [2.75, 3.05) is 6.79 Å². The first-order valence-corrected chi connectivity index (χ1v) is 6.29. The number of halogens is 3. The molecule has 0 radical (unpaired) electrons. The smallest absolute Gasteiger partial charge is 0.430 e. The average Bonchev–Trinajstić information content (AvgIpc) is 2.42. The number of carbonyl (C=O) groups is 1. The van der Waals surface area contributed by atoms with Gasteiger partial charge in [-0.2, -0.15) is 13.2 Å². The summed E-state index contributed by atoms with van der Waals surface area (Å²) in [6.07, 6.45) is -6.04. The minimum absolute atomic E-state index is 0.0968. The van der Waals surface area contributed by atoms with Crippen molar-refractivity contribution in [1.29, 1.82) is 0 Å². The Balaban J connectivity index is 2.49. The van der Waals surface area contributed by atoms with E-state index in [1.54, 1.807) is 26.0 Å². The molecule has 0 saturated carbocycles. The molecule has 22 heavy (non-hydrogen) atoms. The van der Waals surface area contributed by atoms with Crippen molar-refractivity contribution < 1.29 is 32.3 Å². The van der Waals surface area contributed by atoms with Crippen LogP contribution in [0.5, 0.6) is 5.75 Å². The number of aryl methyl sites for hydroxylation is 2. The van der Waals surface area contributed by atoms with Crippen LogP contribution in [-0.2, 0) is 14.4 Å². The second kappa shape index (κ2) is 5.98. The Morgan fingerprint density at radius 1 is 1.36 bits per heavy atom. The molecule has 0 fully saturated rings. The molecule has 2 rings (SSSR count). The van der Waals surface area contributed by atoms with Gasteiger partial charge < -0.3 is 9.47 Å². The summed E-state index contributed by atoms with van der Waals surface area (Å²) in [5.41, 5.74) is 1.12. The van der Waals surface area contributed by atoms with Crippen molar-refractivity contribution in [3.05, 3.63) is 34.4 Å². The predicted molar refractivity (Wildman–Crippen MR) is 70.6 cm³/mol. The Kier molecular flexibility index (Phi) is 4.43. The van der Waals surface area contributed by atoms with Crippen molar-refractivity contribution in [2.24, 2.45) is 5.90 Å². The molecular formula is C14H14F3NO4. The number of rotatable bonds is 3. The van der Waals surface area contributed by atoms with E-state index in [1.165, 1.54) is 0 Å². The van der Waals surface area contributed by atoms with E-state index in [0.29, 0.717) is 11.1 Å². The number of fused-ring (bicyclic) bond motifs is 1. The van der Waals surface area contributed by atoms with E-state index in [2.05, 4.69) is 9.57 Å². The monoisotopic (exact) mass is 317 g/mol. The van der Waals surface area contributed by atoms with Gasteiger partial charge >= 0.3 is 12.1 Å². The molecule has 0 spiro atoms. The third kappa shape index (κ3) is 3.23. The molecule has 1 heterocycles. The predicted octanol–water partition coefficient (Wildman–Crippen LogP) is 2.40. The highest BCUT2D eigenvalue weighted by molar-refractivity contribution is 5.96. The molecule has 0 amide bonds. The van der Waals surface area contributed by atoms with Crippen LogP contribution in [0.25, 0.3) is 6.08 Å². The maximum absolute atomic E-state index is 13.1. The van der Waals surface area contributed by atoms with Crippen molar-refractivity contribution >= 4 is 12.0 Å². The molecule has 0 bridgehead atoms. The highest BCUT2D eigenvalue weighted by atomic mass is 19.4.